The van der Waals surface area contributed by atoms with Crippen molar-refractivity contribution in [3.05, 3.63) is 52.2 Å². The zero-order valence-corrected chi connectivity index (χ0v) is 10.1. The summed E-state index contributed by atoms with van der Waals surface area (Å²) in [6.07, 6.45) is 1.48. The third kappa shape index (κ3) is 2.26. The summed E-state index contributed by atoms with van der Waals surface area (Å²) in [4.78, 5) is 12.0. The van der Waals surface area contributed by atoms with Gasteiger partial charge in [0.1, 0.15) is 11.3 Å². The Hall–Kier alpha value is -1.95. The van der Waals surface area contributed by atoms with Gasteiger partial charge in [-0.05, 0) is 5.56 Å². The first kappa shape index (κ1) is 11.5. The number of rotatable bonds is 3. The molecular formula is C11H12N4OS. The fourth-order valence-electron chi connectivity index (χ4n) is 1.59. The zero-order valence-electron chi connectivity index (χ0n) is 9.33. The van der Waals surface area contributed by atoms with E-state index in [-0.39, 0.29) is 5.69 Å². The minimum atomic E-state index is -0.164. The Labute approximate surface area is 103 Å². The number of hydrogen-bond donors (Lipinski definition) is 1. The maximum atomic E-state index is 11.7. The van der Waals surface area contributed by atoms with E-state index in [2.05, 4.69) is 5.10 Å². The van der Waals surface area contributed by atoms with Crippen LogP contribution in [0, 0.1) is 0 Å². The summed E-state index contributed by atoms with van der Waals surface area (Å²) in [5.74, 6) is 0. The number of aromatic nitrogens is 3. The molecule has 0 fully saturated rings. The van der Waals surface area contributed by atoms with Gasteiger partial charge in [0.2, 0.25) is 0 Å². The van der Waals surface area contributed by atoms with Crippen molar-refractivity contribution >= 4 is 17.2 Å². The first-order chi connectivity index (χ1) is 8.09. The van der Waals surface area contributed by atoms with E-state index in [1.165, 1.54) is 15.6 Å². The molecule has 0 aliphatic rings. The molecule has 2 N–H and O–H groups in total. The van der Waals surface area contributed by atoms with Gasteiger partial charge in [-0.15, -0.1) is 0 Å². The molecule has 0 atom stereocenters. The first-order valence-electron chi connectivity index (χ1n) is 5.05. The van der Waals surface area contributed by atoms with E-state index in [4.69, 9.17) is 18.0 Å². The van der Waals surface area contributed by atoms with E-state index >= 15 is 0 Å². The van der Waals surface area contributed by atoms with Crippen molar-refractivity contribution in [2.45, 2.75) is 6.54 Å². The van der Waals surface area contributed by atoms with Gasteiger partial charge >= 0.3 is 5.69 Å². The molecule has 2 rings (SSSR count). The fourth-order valence-corrected chi connectivity index (χ4v) is 1.79. The van der Waals surface area contributed by atoms with Crippen molar-refractivity contribution in [3.8, 4) is 0 Å². The summed E-state index contributed by atoms with van der Waals surface area (Å²) in [7, 11) is 1.66. The van der Waals surface area contributed by atoms with Crippen LogP contribution in [0.3, 0.4) is 0 Å². The predicted octanol–water partition coefficient (Wildman–Crippen LogP) is 0.264. The summed E-state index contributed by atoms with van der Waals surface area (Å²) in [6, 6.07) is 7.46. The lowest BCUT2D eigenvalue weighted by Crippen LogP contribution is -2.24. The number of thiocarbonyl (C=S) groups is 1. The lowest BCUT2D eigenvalue weighted by molar-refractivity contribution is 0.646. The highest BCUT2D eigenvalue weighted by Gasteiger charge is 2.07. The zero-order chi connectivity index (χ0) is 12.4. The Balaban J connectivity index is 2.40. The Kier molecular flexibility index (Phi) is 3.06. The van der Waals surface area contributed by atoms with Crippen LogP contribution < -0.4 is 11.4 Å². The highest BCUT2D eigenvalue weighted by molar-refractivity contribution is 7.80. The van der Waals surface area contributed by atoms with E-state index in [1.807, 2.05) is 24.3 Å². The van der Waals surface area contributed by atoms with Crippen LogP contribution in [-0.4, -0.2) is 19.3 Å². The van der Waals surface area contributed by atoms with E-state index in [1.54, 1.807) is 7.05 Å². The molecule has 0 aliphatic carbocycles. The molecule has 5 nitrogen and oxygen atoms in total. The molecule has 1 heterocycles. The molecule has 1 aromatic heterocycles. The van der Waals surface area contributed by atoms with E-state index in [9.17, 15) is 4.79 Å². The quantitative estimate of drug-likeness (QED) is 0.792. The lowest BCUT2D eigenvalue weighted by Gasteiger charge is -2.06. The number of aryl methyl sites for hydroxylation is 1. The van der Waals surface area contributed by atoms with Gasteiger partial charge in [-0.3, -0.25) is 4.57 Å². The Morgan fingerprint density at radius 1 is 1.47 bits per heavy atom. The second-order valence-corrected chi connectivity index (χ2v) is 4.14. The molecule has 2 aromatic rings. The van der Waals surface area contributed by atoms with Crippen LogP contribution in [0.5, 0.6) is 0 Å². The molecule has 6 heteroatoms. The summed E-state index contributed by atoms with van der Waals surface area (Å²) in [5.41, 5.74) is 7.13. The van der Waals surface area contributed by atoms with Crippen molar-refractivity contribution in [2.75, 3.05) is 0 Å². The molecule has 0 unspecified atom stereocenters. The van der Waals surface area contributed by atoms with Crippen molar-refractivity contribution in [1.82, 2.24) is 14.3 Å². The molecule has 1 aromatic carbocycles. The molecule has 0 radical (unpaired) electrons. The SMILES string of the molecule is Cn1cnn(Cc2ccccc2C(N)=S)c1=O. The molecule has 17 heavy (non-hydrogen) atoms. The van der Waals surface area contributed by atoms with Crippen LogP contribution in [-0.2, 0) is 13.6 Å². The molecule has 0 bridgehead atoms. The minimum Gasteiger partial charge on any atom is -0.389 e. The average Bonchev–Trinajstić information content (AvgIpc) is 2.61. The molecule has 88 valence electrons. The molecule has 0 spiro atoms. The third-order valence-corrected chi connectivity index (χ3v) is 2.71. The number of nitrogens with two attached hydrogens (primary N) is 1. The largest absolute Gasteiger partial charge is 0.389 e. The van der Waals surface area contributed by atoms with Gasteiger partial charge in [0.25, 0.3) is 0 Å². The summed E-state index contributed by atoms with van der Waals surface area (Å²) in [5, 5.41) is 3.99. The van der Waals surface area contributed by atoms with Gasteiger partial charge in [0.15, 0.2) is 0 Å². The standard InChI is InChI=1S/C11H12N4OS/c1-14-7-13-15(11(14)16)6-8-4-2-3-5-9(8)10(12)17/h2-5,7H,6H2,1H3,(H2,12,17). The Morgan fingerprint density at radius 3 is 2.76 bits per heavy atom. The van der Waals surface area contributed by atoms with E-state index in [0.717, 1.165) is 11.1 Å². The number of benzene rings is 1. The molecule has 0 aliphatic heterocycles. The van der Waals surface area contributed by atoms with Gasteiger partial charge in [-0.1, -0.05) is 36.5 Å². The van der Waals surface area contributed by atoms with Crippen LogP contribution in [0.2, 0.25) is 0 Å². The van der Waals surface area contributed by atoms with Crippen LogP contribution >= 0.6 is 12.2 Å². The predicted molar refractivity (Wildman–Crippen MR) is 68.9 cm³/mol. The van der Waals surface area contributed by atoms with Crippen molar-refractivity contribution in [2.24, 2.45) is 12.8 Å². The van der Waals surface area contributed by atoms with Gasteiger partial charge < -0.3 is 5.73 Å². The van der Waals surface area contributed by atoms with Crippen LogP contribution in [0.1, 0.15) is 11.1 Å². The van der Waals surface area contributed by atoms with Crippen LogP contribution in [0.4, 0.5) is 0 Å². The second-order valence-electron chi connectivity index (χ2n) is 3.70. The molecule has 0 saturated heterocycles. The highest BCUT2D eigenvalue weighted by Crippen LogP contribution is 2.09. The molecule has 0 saturated carbocycles. The van der Waals surface area contributed by atoms with Crippen molar-refractivity contribution < 1.29 is 0 Å². The van der Waals surface area contributed by atoms with E-state index < -0.39 is 0 Å². The minimum absolute atomic E-state index is 0.164. The Bertz CT molecular complexity index is 614. The number of nitrogens with zero attached hydrogens (tertiary/aromatic N) is 3. The first-order valence-corrected chi connectivity index (χ1v) is 5.46. The summed E-state index contributed by atoms with van der Waals surface area (Å²) >= 11 is 4.97. The topological polar surface area (TPSA) is 65.8 Å². The van der Waals surface area contributed by atoms with Crippen molar-refractivity contribution in [3.63, 3.8) is 0 Å². The van der Waals surface area contributed by atoms with Gasteiger partial charge in [0, 0.05) is 12.6 Å². The van der Waals surface area contributed by atoms with Gasteiger partial charge in [-0.2, -0.15) is 5.10 Å². The normalized spacial score (nSPS) is 10.4. The van der Waals surface area contributed by atoms with Crippen molar-refractivity contribution in [1.29, 1.82) is 0 Å². The Morgan fingerprint density at radius 2 is 2.18 bits per heavy atom. The average molecular weight is 248 g/mol. The molecular weight excluding hydrogens is 236 g/mol. The van der Waals surface area contributed by atoms with Crippen LogP contribution in [0.15, 0.2) is 35.4 Å². The van der Waals surface area contributed by atoms with Gasteiger partial charge in [-0.25, -0.2) is 9.48 Å². The lowest BCUT2D eigenvalue weighted by atomic mass is 10.1. The number of hydrogen-bond acceptors (Lipinski definition) is 3. The summed E-state index contributed by atoms with van der Waals surface area (Å²) < 4.78 is 2.79. The van der Waals surface area contributed by atoms with E-state index in [0.29, 0.717) is 11.5 Å². The van der Waals surface area contributed by atoms with Gasteiger partial charge in [0.05, 0.1) is 6.54 Å². The highest BCUT2D eigenvalue weighted by atomic mass is 32.1. The monoisotopic (exact) mass is 248 g/mol. The fraction of sp³-hybridized carbons (Fsp3) is 0.182. The smallest absolute Gasteiger partial charge is 0.345 e. The van der Waals surface area contributed by atoms with Crippen LogP contribution in [0.25, 0.3) is 0 Å². The third-order valence-electron chi connectivity index (χ3n) is 2.49. The molecule has 0 amide bonds. The summed E-state index contributed by atoms with van der Waals surface area (Å²) in [6.45, 7) is 0.368. The second kappa shape index (κ2) is 4.50. The maximum Gasteiger partial charge on any atom is 0.345 e. The maximum absolute atomic E-state index is 11.7.